The van der Waals surface area contributed by atoms with Gasteiger partial charge in [0.05, 0.1) is 23.4 Å². The number of pyridine rings is 1. The number of benzene rings is 1. The highest BCUT2D eigenvalue weighted by molar-refractivity contribution is 7.19. The number of hydrogen-bond acceptors (Lipinski definition) is 8. The Labute approximate surface area is 248 Å². The van der Waals surface area contributed by atoms with Crippen LogP contribution in [0.2, 0.25) is 5.02 Å². The molecule has 218 valence electrons. The van der Waals surface area contributed by atoms with Gasteiger partial charge in [-0.3, -0.25) is 19.5 Å². The number of rotatable bonds is 3. The van der Waals surface area contributed by atoms with E-state index in [9.17, 15) is 14.4 Å². The third-order valence-corrected chi connectivity index (χ3v) is 8.35. The van der Waals surface area contributed by atoms with Crippen LogP contribution in [0.15, 0.2) is 30.5 Å². The molecular formula is C30H35ClN4O5S. The summed E-state index contributed by atoms with van der Waals surface area (Å²) in [4.78, 5) is 43.9. The largest absolute Gasteiger partial charge is 0.493 e. The van der Waals surface area contributed by atoms with Gasteiger partial charge in [0.15, 0.2) is 0 Å². The van der Waals surface area contributed by atoms with E-state index in [2.05, 4.69) is 10.3 Å². The number of carbonyl (C=O) groups is 3. The van der Waals surface area contributed by atoms with Gasteiger partial charge < -0.3 is 19.7 Å². The first kappa shape index (κ1) is 29.3. The Kier molecular flexibility index (Phi) is 8.82. The van der Waals surface area contributed by atoms with Crippen LogP contribution in [-0.2, 0) is 27.3 Å². The minimum Gasteiger partial charge on any atom is -0.493 e. The quantitative estimate of drug-likeness (QED) is 0.402. The highest BCUT2D eigenvalue weighted by Crippen LogP contribution is 2.41. The zero-order valence-corrected chi connectivity index (χ0v) is 25.2. The number of likely N-dealkylation sites (tertiary alicyclic amines) is 1. The molecule has 5 heterocycles. The summed E-state index contributed by atoms with van der Waals surface area (Å²) < 4.78 is 12.1. The molecule has 3 aliphatic rings. The van der Waals surface area contributed by atoms with Crippen molar-refractivity contribution in [3.63, 3.8) is 0 Å². The van der Waals surface area contributed by atoms with Crippen molar-refractivity contribution in [3.8, 4) is 16.9 Å². The van der Waals surface area contributed by atoms with Crippen LogP contribution in [0.3, 0.4) is 0 Å². The lowest BCUT2D eigenvalue weighted by Crippen LogP contribution is -2.48. The Balaban J connectivity index is 0.000000219. The molecule has 2 fully saturated rings. The van der Waals surface area contributed by atoms with Gasteiger partial charge in [-0.2, -0.15) is 0 Å². The lowest BCUT2D eigenvalue weighted by atomic mass is 9.95. The van der Waals surface area contributed by atoms with Crippen LogP contribution in [0.4, 0.5) is 4.79 Å². The van der Waals surface area contributed by atoms with E-state index < -0.39 is 0 Å². The Morgan fingerprint density at radius 3 is 2.54 bits per heavy atom. The first-order chi connectivity index (χ1) is 19.6. The summed E-state index contributed by atoms with van der Waals surface area (Å²) in [7, 11) is 0. The van der Waals surface area contributed by atoms with Crippen molar-refractivity contribution in [2.24, 2.45) is 0 Å². The average Bonchev–Trinajstić information content (AvgIpc) is 3.50. The summed E-state index contributed by atoms with van der Waals surface area (Å²) in [5, 5.41) is 3.83. The Bertz CT molecular complexity index is 1450. The number of imide groups is 1. The van der Waals surface area contributed by atoms with Crippen LogP contribution < -0.4 is 10.1 Å². The van der Waals surface area contributed by atoms with Crippen LogP contribution in [0.1, 0.15) is 50.5 Å². The molecule has 0 bridgehead atoms. The Morgan fingerprint density at radius 2 is 1.83 bits per heavy atom. The second kappa shape index (κ2) is 12.3. The standard InChI is InChI=1S/C21H17ClN2O3S.C9H18N2O2/c22-12-8-16(14-2-1-7-27-18(14)9-12)15-5-6-23-17-10-13(28-21(15)17)11-24-19(25)3-4-20(24)26;1-9(2,3)13-8(12)11-6-4-10-5-7-11/h5-6,8-10H,1-4,7,11H2;10H,4-7H2,1-3H3. The fraction of sp³-hybridized carbons (Fsp3) is 0.467. The average molecular weight is 599 g/mol. The van der Waals surface area contributed by atoms with E-state index >= 15 is 0 Å². The molecule has 11 heteroatoms. The number of fused-ring (bicyclic) bond motifs is 2. The van der Waals surface area contributed by atoms with Crippen LogP contribution in [-0.4, -0.2) is 71.1 Å². The number of nitrogens with zero attached hydrogens (tertiary/aromatic N) is 3. The lowest BCUT2D eigenvalue weighted by Gasteiger charge is -2.30. The topological polar surface area (TPSA) is 101 Å². The zero-order chi connectivity index (χ0) is 29.1. The maximum Gasteiger partial charge on any atom is 0.410 e. The van der Waals surface area contributed by atoms with Crippen molar-refractivity contribution in [2.45, 2.75) is 58.6 Å². The molecule has 2 saturated heterocycles. The molecule has 1 N–H and O–H groups in total. The van der Waals surface area contributed by atoms with E-state index in [4.69, 9.17) is 21.1 Å². The molecule has 0 atom stereocenters. The third-order valence-electron chi connectivity index (χ3n) is 6.99. The van der Waals surface area contributed by atoms with Crippen LogP contribution in [0.5, 0.6) is 5.75 Å². The van der Waals surface area contributed by atoms with Gasteiger partial charge in [0.1, 0.15) is 11.4 Å². The summed E-state index contributed by atoms with van der Waals surface area (Å²) in [5.74, 6) is 0.650. The molecule has 41 heavy (non-hydrogen) atoms. The molecule has 3 aliphatic heterocycles. The van der Waals surface area contributed by atoms with Gasteiger partial charge in [0.2, 0.25) is 11.8 Å². The second-order valence-electron chi connectivity index (χ2n) is 11.3. The van der Waals surface area contributed by atoms with Crippen LogP contribution >= 0.6 is 22.9 Å². The van der Waals surface area contributed by atoms with Crippen molar-refractivity contribution in [2.75, 3.05) is 32.8 Å². The van der Waals surface area contributed by atoms with Gasteiger partial charge in [-0.15, -0.1) is 11.3 Å². The minimum absolute atomic E-state index is 0.100. The van der Waals surface area contributed by atoms with Gasteiger partial charge in [-0.25, -0.2) is 4.79 Å². The summed E-state index contributed by atoms with van der Waals surface area (Å²) in [6, 6.07) is 7.82. The zero-order valence-electron chi connectivity index (χ0n) is 23.6. The number of halogens is 1. The van der Waals surface area contributed by atoms with Crippen molar-refractivity contribution >= 4 is 51.1 Å². The summed E-state index contributed by atoms with van der Waals surface area (Å²) >= 11 is 7.93. The monoisotopic (exact) mass is 598 g/mol. The summed E-state index contributed by atoms with van der Waals surface area (Å²) in [6.07, 6.45) is 4.13. The smallest absolute Gasteiger partial charge is 0.410 e. The van der Waals surface area contributed by atoms with Crippen molar-refractivity contribution in [3.05, 3.63) is 45.9 Å². The Hall–Kier alpha value is -3.21. The molecule has 0 spiro atoms. The lowest BCUT2D eigenvalue weighted by molar-refractivity contribution is -0.139. The maximum absolute atomic E-state index is 12.0. The molecule has 0 unspecified atom stereocenters. The normalized spacial score (nSPS) is 17.2. The molecule has 1 aromatic carbocycles. The number of amides is 3. The van der Waals surface area contributed by atoms with Gasteiger partial charge >= 0.3 is 6.09 Å². The minimum atomic E-state index is -0.387. The fourth-order valence-electron chi connectivity index (χ4n) is 5.08. The molecule has 0 aliphatic carbocycles. The predicted octanol–water partition coefficient (Wildman–Crippen LogP) is 5.42. The van der Waals surface area contributed by atoms with E-state index in [0.717, 1.165) is 71.0 Å². The van der Waals surface area contributed by atoms with Gasteiger partial charge in [0, 0.05) is 66.2 Å². The molecule has 3 aromatic rings. The summed E-state index contributed by atoms with van der Waals surface area (Å²) in [5.41, 5.74) is 3.77. The van der Waals surface area contributed by atoms with Gasteiger partial charge in [-0.05, 0) is 63.4 Å². The number of ether oxygens (including phenoxy) is 2. The van der Waals surface area contributed by atoms with Crippen LogP contribution in [0.25, 0.3) is 21.3 Å². The van der Waals surface area contributed by atoms with Gasteiger partial charge in [-0.1, -0.05) is 11.6 Å². The summed E-state index contributed by atoms with van der Waals surface area (Å²) in [6.45, 7) is 9.88. The predicted molar refractivity (Wildman–Crippen MR) is 159 cm³/mol. The van der Waals surface area contributed by atoms with Crippen LogP contribution in [0, 0.1) is 0 Å². The van der Waals surface area contributed by atoms with Crippen molar-refractivity contribution in [1.29, 1.82) is 0 Å². The van der Waals surface area contributed by atoms with E-state index in [-0.39, 0.29) is 23.5 Å². The molecule has 6 rings (SSSR count). The molecule has 0 saturated carbocycles. The van der Waals surface area contributed by atoms with E-state index in [0.29, 0.717) is 31.0 Å². The third kappa shape index (κ3) is 6.99. The van der Waals surface area contributed by atoms with E-state index in [1.807, 2.05) is 45.0 Å². The molecule has 9 nitrogen and oxygen atoms in total. The van der Waals surface area contributed by atoms with Gasteiger partial charge in [0.25, 0.3) is 0 Å². The number of thiophene rings is 1. The fourth-order valence-corrected chi connectivity index (χ4v) is 6.42. The number of piperazine rings is 1. The Morgan fingerprint density at radius 1 is 1.10 bits per heavy atom. The highest BCUT2D eigenvalue weighted by Gasteiger charge is 2.29. The second-order valence-corrected chi connectivity index (χ2v) is 12.8. The van der Waals surface area contributed by atoms with E-state index in [1.54, 1.807) is 22.4 Å². The highest BCUT2D eigenvalue weighted by atomic mass is 35.5. The maximum atomic E-state index is 12.0. The first-order valence-corrected chi connectivity index (χ1v) is 15.1. The molecular weight excluding hydrogens is 564 g/mol. The van der Waals surface area contributed by atoms with E-state index in [1.165, 1.54) is 10.5 Å². The van der Waals surface area contributed by atoms with Crippen molar-refractivity contribution < 1.29 is 23.9 Å². The SMILES string of the molecule is CC(C)(C)OC(=O)N1CCNCC1.O=C1CCC(=O)N1Cc1cc2nccc(-c3cc(Cl)cc4c3CCCO4)c2s1. The number of hydrogen-bond donors (Lipinski definition) is 1. The number of nitrogens with one attached hydrogen (secondary N) is 1. The molecule has 2 aromatic heterocycles. The molecule has 0 radical (unpaired) electrons. The number of aromatic nitrogens is 1. The molecule has 3 amide bonds. The number of carbonyl (C=O) groups excluding carboxylic acids is 3. The first-order valence-electron chi connectivity index (χ1n) is 13.9. The van der Waals surface area contributed by atoms with Crippen molar-refractivity contribution in [1.82, 2.24) is 20.1 Å².